The van der Waals surface area contributed by atoms with Crippen molar-refractivity contribution in [2.75, 3.05) is 47.5 Å². The Bertz CT molecular complexity index is 2010. The monoisotopic (exact) mass is 1330 g/mol. The van der Waals surface area contributed by atoms with Crippen LogP contribution in [0.3, 0.4) is 0 Å². The van der Waals surface area contributed by atoms with E-state index in [1.165, 1.54) is 218 Å². The fourth-order valence-corrected chi connectivity index (χ4v) is 11.7. The molecule has 0 aromatic heterocycles. The zero-order valence-corrected chi connectivity index (χ0v) is 62.8. The number of nitrogens with zero attached hydrogens (tertiary/aromatic N) is 1. The largest absolute Gasteiger partial charge is 0.472 e. The molecule has 0 saturated heterocycles. The molecule has 0 radical (unpaired) electrons. The molecule has 0 aromatic rings. The molecule has 1 N–H and O–H groups in total. The first-order valence-electron chi connectivity index (χ1n) is 39.3. The van der Waals surface area contributed by atoms with Crippen LogP contribution in [0.25, 0.3) is 0 Å². The molecule has 9 nitrogen and oxygen atoms in total. The SMILES string of the molecule is CC/C=C\C/C=C\C/C=C\C/C=C\C/C=C\C/C=C\C/C=C\C/C=C\CCCCCCCCCCCCCCCCC(=O)OC(COC(=O)CCCCCCCCCCCCCCCCCCCCC/C=C\C/C=C\CCCCCCC)COP(=O)(O)OCC[N+](C)(C)C. The first kappa shape index (κ1) is 90.4. The molecule has 94 heavy (non-hydrogen) atoms. The summed E-state index contributed by atoms with van der Waals surface area (Å²) in [7, 11) is 1.48. The van der Waals surface area contributed by atoms with E-state index in [1.807, 2.05) is 21.1 Å². The van der Waals surface area contributed by atoms with Gasteiger partial charge in [0, 0.05) is 12.8 Å². The zero-order chi connectivity index (χ0) is 68.3. The van der Waals surface area contributed by atoms with Gasteiger partial charge in [-0.3, -0.25) is 18.6 Å². The van der Waals surface area contributed by atoms with Crippen molar-refractivity contribution in [1.82, 2.24) is 0 Å². The summed E-state index contributed by atoms with van der Waals surface area (Å²) in [5, 5.41) is 0. The third-order valence-corrected chi connectivity index (χ3v) is 18.0. The Balaban J connectivity index is 3.99. The molecule has 0 aromatic carbocycles. The van der Waals surface area contributed by atoms with E-state index in [2.05, 4.69) is 135 Å². The molecule has 10 heteroatoms. The van der Waals surface area contributed by atoms with Crippen molar-refractivity contribution in [3.63, 3.8) is 0 Å². The van der Waals surface area contributed by atoms with Gasteiger partial charge in [0.1, 0.15) is 19.8 Å². The molecular formula is C84H149NO8P+. The van der Waals surface area contributed by atoms with Crippen molar-refractivity contribution < 1.29 is 42.1 Å². The van der Waals surface area contributed by atoms with Gasteiger partial charge in [-0.15, -0.1) is 0 Å². The van der Waals surface area contributed by atoms with Crippen LogP contribution < -0.4 is 0 Å². The Kier molecular flexibility index (Phi) is 70.8. The number of hydrogen-bond acceptors (Lipinski definition) is 7. The summed E-state index contributed by atoms with van der Waals surface area (Å²) in [6.45, 7) is 4.35. The van der Waals surface area contributed by atoms with Gasteiger partial charge in [-0.2, -0.15) is 0 Å². The van der Waals surface area contributed by atoms with Gasteiger partial charge in [-0.1, -0.05) is 347 Å². The van der Waals surface area contributed by atoms with Crippen LogP contribution >= 0.6 is 7.82 Å². The Hall–Kier alpha value is -3.59. The fourth-order valence-electron chi connectivity index (χ4n) is 11.0. The van der Waals surface area contributed by atoms with Gasteiger partial charge in [0.05, 0.1) is 27.7 Å². The number of quaternary nitrogens is 1. The number of carbonyl (C=O) groups excluding carboxylic acids is 2. The van der Waals surface area contributed by atoms with Crippen molar-refractivity contribution in [2.24, 2.45) is 0 Å². The van der Waals surface area contributed by atoms with Crippen LogP contribution in [-0.4, -0.2) is 74.9 Å². The standard InChI is InChI=1S/C84H148NO8P/c1-6-8-10-12-14-16-18-20-22-24-26-28-30-32-34-36-38-39-40-41-42-43-44-45-47-49-51-53-55-57-59-61-63-65-67-69-71-73-75-77-84(87)93-82(81-92-94(88,89)91-79-78-85(3,4)5)80-90-83(86)76-74-72-70-68-66-64-62-60-58-56-54-52-50-48-46-37-35-33-31-29-27-25-23-21-19-17-15-13-11-9-7-2/h8,10,14,16,19-22,25-28,32,34,38-39,41-42,44-45,82H,6-7,9,11-13,15,17-18,23-24,29-31,33,35-37,40,43,46-81H2,1-5H3/p+1/b10-8-,16-14-,21-19-,22-20-,27-25-,28-26-,34-32-,39-38-,42-41-,45-44-. The van der Waals surface area contributed by atoms with E-state index in [0.29, 0.717) is 17.4 Å². The molecule has 0 spiro atoms. The number of rotatable bonds is 72. The number of esters is 2. The Labute approximate surface area is 581 Å². The molecule has 0 bridgehead atoms. The first-order chi connectivity index (χ1) is 46.0. The third-order valence-electron chi connectivity index (χ3n) is 17.0. The van der Waals surface area contributed by atoms with E-state index in [1.54, 1.807) is 0 Å². The number of allylic oxidation sites excluding steroid dienone is 20. The maximum Gasteiger partial charge on any atom is 0.472 e. The molecule has 0 amide bonds. The molecule has 0 aliphatic heterocycles. The number of carbonyl (C=O) groups is 2. The molecule has 0 fully saturated rings. The second kappa shape index (κ2) is 73.7. The second-order valence-electron chi connectivity index (χ2n) is 27.4. The lowest BCUT2D eigenvalue weighted by Crippen LogP contribution is -2.37. The number of hydrogen-bond donors (Lipinski definition) is 1. The topological polar surface area (TPSA) is 108 Å². The van der Waals surface area contributed by atoms with Crippen LogP contribution in [0.2, 0.25) is 0 Å². The molecule has 0 aliphatic rings. The van der Waals surface area contributed by atoms with Crippen molar-refractivity contribution in [3.05, 3.63) is 122 Å². The molecule has 0 rings (SSSR count). The van der Waals surface area contributed by atoms with E-state index in [0.717, 1.165) is 96.3 Å². The third kappa shape index (κ3) is 77.4. The van der Waals surface area contributed by atoms with Gasteiger partial charge in [0.15, 0.2) is 6.10 Å². The highest BCUT2D eigenvalue weighted by molar-refractivity contribution is 7.47. The summed E-state index contributed by atoms with van der Waals surface area (Å²) >= 11 is 0. The maximum absolute atomic E-state index is 12.9. The minimum absolute atomic E-state index is 0.0291. The summed E-state index contributed by atoms with van der Waals surface area (Å²) in [5.74, 6) is -0.788. The van der Waals surface area contributed by atoms with Crippen LogP contribution in [0.1, 0.15) is 348 Å². The Morgan fingerprint density at radius 1 is 0.340 bits per heavy atom. The van der Waals surface area contributed by atoms with Crippen LogP contribution in [-0.2, 0) is 32.7 Å². The van der Waals surface area contributed by atoms with Crippen LogP contribution in [0.4, 0.5) is 0 Å². The highest BCUT2D eigenvalue weighted by atomic mass is 31.2. The van der Waals surface area contributed by atoms with E-state index in [-0.39, 0.29) is 32.0 Å². The van der Waals surface area contributed by atoms with Gasteiger partial charge in [-0.25, -0.2) is 4.57 Å². The Morgan fingerprint density at radius 3 is 0.904 bits per heavy atom. The van der Waals surface area contributed by atoms with E-state index < -0.39 is 26.5 Å². The summed E-state index contributed by atoms with van der Waals surface area (Å²) in [4.78, 5) is 36.0. The summed E-state index contributed by atoms with van der Waals surface area (Å²) < 4.78 is 34.8. The fraction of sp³-hybridized carbons (Fsp3) is 0.738. The van der Waals surface area contributed by atoms with E-state index in [4.69, 9.17) is 18.5 Å². The molecule has 0 aliphatic carbocycles. The van der Waals surface area contributed by atoms with Crippen molar-refractivity contribution in [1.29, 1.82) is 0 Å². The lowest BCUT2D eigenvalue weighted by atomic mass is 10.0. The molecule has 2 unspecified atom stereocenters. The van der Waals surface area contributed by atoms with E-state index in [9.17, 15) is 19.0 Å². The average Bonchev–Trinajstić information content (AvgIpc) is 1.56. The van der Waals surface area contributed by atoms with Gasteiger partial charge >= 0.3 is 19.8 Å². The quantitative estimate of drug-likeness (QED) is 0.0211. The van der Waals surface area contributed by atoms with Crippen LogP contribution in [0.15, 0.2) is 122 Å². The van der Waals surface area contributed by atoms with Gasteiger partial charge in [0.25, 0.3) is 0 Å². The van der Waals surface area contributed by atoms with E-state index >= 15 is 0 Å². The first-order valence-corrected chi connectivity index (χ1v) is 40.8. The number of likely N-dealkylation sites (N-methyl/N-ethyl adjacent to an activating group) is 1. The van der Waals surface area contributed by atoms with Crippen molar-refractivity contribution >= 4 is 19.8 Å². The molecule has 2 atom stereocenters. The van der Waals surface area contributed by atoms with Crippen LogP contribution in [0.5, 0.6) is 0 Å². The highest BCUT2D eigenvalue weighted by Crippen LogP contribution is 2.43. The predicted molar refractivity (Wildman–Crippen MR) is 408 cm³/mol. The van der Waals surface area contributed by atoms with Crippen LogP contribution in [0, 0.1) is 0 Å². The van der Waals surface area contributed by atoms with Gasteiger partial charge < -0.3 is 18.9 Å². The smallest absolute Gasteiger partial charge is 0.462 e. The summed E-state index contributed by atoms with van der Waals surface area (Å²) in [6, 6.07) is 0. The molecule has 0 heterocycles. The molecule has 542 valence electrons. The number of unbranched alkanes of at least 4 members (excludes halogenated alkanes) is 38. The minimum Gasteiger partial charge on any atom is -0.462 e. The molecule has 0 saturated carbocycles. The maximum atomic E-state index is 12.9. The Morgan fingerprint density at radius 2 is 0.606 bits per heavy atom. The molecular weight excluding hydrogens is 1180 g/mol. The second-order valence-corrected chi connectivity index (χ2v) is 28.8. The normalized spacial score (nSPS) is 13.7. The van der Waals surface area contributed by atoms with Crippen molar-refractivity contribution in [3.8, 4) is 0 Å². The highest BCUT2D eigenvalue weighted by Gasteiger charge is 2.27. The minimum atomic E-state index is -4.40. The number of phosphoric acid groups is 1. The number of phosphoric ester groups is 1. The predicted octanol–water partition coefficient (Wildman–Crippen LogP) is 26.2. The lowest BCUT2D eigenvalue weighted by molar-refractivity contribution is -0.870. The van der Waals surface area contributed by atoms with Gasteiger partial charge in [0.2, 0.25) is 0 Å². The lowest BCUT2D eigenvalue weighted by Gasteiger charge is -2.24. The number of ether oxygens (including phenoxy) is 2. The van der Waals surface area contributed by atoms with Gasteiger partial charge in [-0.05, 0) is 109 Å². The van der Waals surface area contributed by atoms with Crippen molar-refractivity contribution in [2.45, 2.75) is 354 Å². The summed E-state index contributed by atoms with van der Waals surface area (Å²) in [5.41, 5.74) is 0. The average molecular weight is 1330 g/mol. The summed E-state index contributed by atoms with van der Waals surface area (Å²) in [6.07, 6.45) is 106. The zero-order valence-electron chi connectivity index (χ0n) is 61.9.